The van der Waals surface area contributed by atoms with E-state index in [2.05, 4.69) is 35.0 Å². The van der Waals surface area contributed by atoms with Crippen molar-refractivity contribution in [2.24, 2.45) is 0 Å². The number of hydrogen-bond donors (Lipinski definition) is 0. The van der Waals surface area contributed by atoms with Gasteiger partial charge in [-0.2, -0.15) is 4.98 Å². The predicted molar refractivity (Wildman–Crippen MR) is 85.4 cm³/mol. The molecule has 6 nitrogen and oxygen atoms in total. The number of benzene rings is 1. The van der Waals surface area contributed by atoms with Crippen LogP contribution >= 0.6 is 0 Å². The van der Waals surface area contributed by atoms with E-state index >= 15 is 0 Å². The highest BCUT2D eigenvalue weighted by Crippen LogP contribution is 2.23. The van der Waals surface area contributed by atoms with Crippen LogP contribution in [0.5, 0.6) is 5.75 Å². The van der Waals surface area contributed by atoms with Gasteiger partial charge in [-0.3, -0.25) is 4.90 Å². The fraction of sp³-hybridized carbons (Fsp3) is 0.529. The van der Waals surface area contributed by atoms with Gasteiger partial charge in [0, 0.05) is 19.6 Å². The molecular weight excluding hydrogens is 294 g/mol. The van der Waals surface area contributed by atoms with Gasteiger partial charge in [-0.25, -0.2) is 0 Å². The summed E-state index contributed by atoms with van der Waals surface area (Å²) in [6, 6.07) is 8.10. The topological polar surface area (TPSA) is 60.6 Å². The van der Waals surface area contributed by atoms with Crippen molar-refractivity contribution in [2.75, 3.05) is 26.2 Å². The summed E-state index contributed by atoms with van der Waals surface area (Å²) in [6.45, 7) is 9.03. The summed E-state index contributed by atoms with van der Waals surface area (Å²) in [5.41, 5.74) is 1.20. The van der Waals surface area contributed by atoms with Crippen LogP contribution in [0.15, 0.2) is 28.8 Å². The molecule has 2 aromatic rings. The Morgan fingerprint density at radius 3 is 2.91 bits per heavy atom. The van der Waals surface area contributed by atoms with Crippen LogP contribution in [0.2, 0.25) is 0 Å². The van der Waals surface area contributed by atoms with Crippen LogP contribution in [0.3, 0.4) is 0 Å². The maximum absolute atomic E-state index is 5.92. The fourth-order valence-electron chi connectivity index (χ4n) is 2.80. The first kappa shape index (κ1) is 16.0. The molecular formula is C17H23N3O3. The van der Waals surface area contributed by atoms with E-state index in [0.29, 0.717) is 18.3 Å². The monoisotopic (exact) mass is 317 g/mol. The average Bonchev–Trinajstić information content (AvgIpc) is 2.93. The normalized spacial score (nSPS) is 22.2. The van der Waals surface area contributed by atoms with E-state index < -0.39 is 0 Å². The fourth-order valence-corrected chi connectivity index (χ4v) is 2.80. The van der Waals surface area contributed by atoms with E-state index in [-0.39, 0.29) is 12.2 Å². The highest BCUT2D eigenvalue weighted by atomic mass is 16.5. The standard InChI is InChI=1S/C17H23N3O3/c1-12-5-4-6-15(9-12)21-8-7-20-10-13(2)22-16(11-20)17-18-14(3)19-23-17/h4-6,9,13,16H,7-8,10-11H2,1-3H3/t13-,16-/m1/s1. The zero-order valence-electron chi connectivity index (χ0n) is 13.9. The maximum Gasteiger partial charge on any atom is 0.257 e. The maximum atomic E-state index is 5.92. The van der Waals surface area contributed by atoms with Crippen LogP contribution in [-0.2, 0) is 4.74 Å². The predicted octanol–water partition coefficient (Wildman–Crippen LogP) is 2.53. The summed E-state index contributed by atoms with van der Waals surface area (Å²) >= 11 is 0. The Bertz CT molecular complexity index is 644. The van der Waals surface area contributed by atoms with Crippen LogP contribution in [-0.4, -0.2) is 47.4 Å². The minimum absolute atomic E-state index is 0.125. The summed E-state index contributed by atoms with van der Waals surface area (Å²) < 4.78 is 17.0. The molecule has 0 unspecified atom stereocenters. The molecule has 0 saturated carbocycles. The Morgan fingerprint density at radius 2 is 2.17 bits per heavy atom. The van der Waals surface area contributed by atoms with Gasteiger partial charge in [0.2, 0.25) is 0 Å². The molecule has 1 saturated heterocycles. The Balaban J connectivity index is 1.53. The first-order valence-electron chi connectivity index (χ1n) is 7.97. The van der Waals surface area contributed by atoms with E-state index in [0.717, 1.165) is 25.4 Å². The number of aromatic nitrogens is 2. The van der Waals surface area contributed by atoms with Gasteiger partial charge in [0.1, 0.15) is 18.5 Å². The highest BCUT2D eigenvalue weighted by Gasteiger charge is 2.30. The lowest BCUT2D eigenvalue weighted by Gasteiger charge is -2.35. The highest BCUT2D eigenvalue weighted by molar-refractivity contribution is 5.27. The van der Waals surface area contributed by atoms with Crippen molar-refractivity contribution in [3.63, 3.8) is 0 Å². The van der Waals surface area contributed by atoms with E-state index in [4.69, 9.17) is 14.0 Å². The lowest BCUT2D eigenvalue weighted by molar-refractivity contribution is -0.0923. The average molecular weight is 317 g/mol. The number of nitrogens with zero attached hydrogens (tertiary/aromatic N) is 3. The second-order valence-electron chi connectivity index (χ2n) is 6.04. The van der Waals surface area contributed by atoms with Crippen LogP contribution < -0.4 is 4.74 Å². The number of ether oxygens (including phenoxy) is 2. The van der Waals surface area contributed by atoms with E-state index in [9.17, 15) is 0 Å². The molecule has 1 aliphatic rings. The molecule has 0 N–H and O–H groups in total. The third-order valence-electron chi connectivity index (χ3n) is 3.82. The largest absolute Gasteiger partial charge is 0.492 e. The minimum atomic E-state index is -0.168. The second kappa shape index (κ2) is 7.10. The van der Waals surface area contributed by atoms with Crippen molar-refractivity contribution in [1.82, 2.24) is 15.0 Å². The van der Waals surface area contributed by atoms with E-state index in [1.165, 1.54) is 5.56 Å². The van der Waals surface area contributed by atoms with Gasteiger partial charge in [0.15, 0.2) is 5.82 Å². The SMILES string of the molecule is Cc1cccc(OCCN2C[C@@H](C)O[C@@H](c3nc(C)no3)C2)c1. The summed E-state index contributed by atoms with van der Waals surface area (Å²) in [5.74, 6) is 2.10. The summed E-state index contributed by atoms with van der Waals surface area (Å²) in [5, 5.41) is 3.84. The van der Waals surface area contributed by atoms with Gasteiger partial charge >= 0.3 is 0 Å². The lowest BCUT2D eigenvalue weighted by atomic mass is 10.2. The second-order valence-corrected chi connectivity index (χ2v) is 6.04. The van der Waals surface area contributed by atoms with Crippen LogP contribution in [0.25, 0.3) is 0 Å². The molecule has 23 heavy (non-hydrogen) atoms. The van der Waals surface area contributed by atoms with Crippen molar-refractivity contribution >= 4 is 0 Å². The molecule has 0 bridgehead atoms. The molecule has 1 aromatic heterocycles. The van der Waals surface area contributed by atoms with Crippen molar-refractivity contribution in [1.29, 1.82) is 0 Å². The summed E-state index contributed by atoms with van der Waals surface area (Å²) in [4.78, 5) is 6.59. The Morgan fingerprint density at radius 1 is 1.30 bits per heavy atom. The lowest BCUT2D eigenvalue weighted by Crippen LogP contribution is -2.44. The molecule has 1 aromatic carbocycles. The summed E-state index contributed by atoms with van der Waals surface area (Å²) in [7, 11) is 0. The van der Waals surface area contributed by atoms with Crippen LogP contribution in [0.1, 0.15) is 30.3 Å². The molecule has 1 fully saturated rings. The molecule has 2 atom stereocenters. The number of hydrogen-bond acceptors (Lipinski definition) is 6. The van der Waals surface area contributed by atoms with Gasteiger partial charge in [-0.1, -0.05) is 17.3 Å². The molecule has 0 radical (unpaired) electrons. The Kier molecular flexibility index (Phi) is 4.93. The summed E-state index contributed by atoms with van der Waals surface area (Å²) in [6.07, 6.45) is -0.0427. The van der Waals surface area contributed by atoms with Crippen molar-refractivity contribution in [3.05, 3.63) is 41.5 Å². The van der Waals surface area contributed by atoms with Crippen molar-refractivity contribution < 1.29 is 14.0 Å². The molecule has 0 aliphatic carbocycles. The molecule has 3 rings (SSSR count). The zero-order valence-corrected chi connectivity index (χ0v) is 13.9. The molecule has 124 valence electrons. The smallest absolute Gasteiger partial charge is 0.257 e. The Hall–Kier alpha value is -1.92. The van der Waals surface area contributed by atoms with Gasteiger partial charge in [0.25, 0.3) is 5.89 Å². The van der Waals surface area contributed by atoms with Crippen molar-refractivity contribution in [2.45, 2.75) is 33.0 Å². The minimum Gasteiger partial charge on any atom is -0.492 e. The van der Waals surface area contributed by atoms with Crippen molar-refractivity contribution in [3.8, 4) is 5.75 Å². The Labute approximate surface area is 136 Å². The van der Waals surface area contributed by atoms with Gasteiger partial charge < -0.3 is 14.0 Å². The van der Waals surface area contributed by atoms with Gasteiger partial charge in [-0.15, -0.1) is 0 Å². The quantitative estimate of drug-likeness (QED) is 0.844. The molecule has 0 amide bonds. The first-order chi connectivity index (χ1) is 11.1. The van der Waals surface area contributed by atoms with Crippen LogP contribution in [0.4, 0.5) is 0 Å². The number of morpholine rings is 1. The van der Waals surface area contributed by atoms with Crippen LogP contribution in [0, 0.1) is 13.8 Å². The van der Waals surface area contributed by atoms with E-state index in [1.807, 2.05) is 25.1 Å². The molecule has 6 heteroatoms. The van der Waals surface area contributed by atoms with E-state index in [1.54, 1.807) is 0 Å². The molecule has 1 aliphatic heterocycles. The number of aryl methyl sites for hydroxylation is 2. The number of rotatable bonds is 5. The molecule has 2 heterocycles. The van der Waals surface area contributed by atoms with Gasteiger partial charge in [0.05, 0.1) is 6.10 Å². The first-order valence-corrected chi connectivity index (χ1v) is 7.97. The van der Waals surface area contributed by atoms with Gasteiger partial charge in [-0.05, 0) is 38.5 Å². The molecule has 0 spiro atoms. The third-order valence-corrected chi connectivity index (χ3v) is 3.82. The zero-order chi connectivity index (χ0) is 16.2. The third kappa shape index (κ3) is 4.30.